The van der Waals surface area contributed by atoms with Crippen LogP contribution in [0.5, 0.6) is 0 Å². The Labute approximate surface area is 95.5 Å². The summed E-state index contributed by atoms with van der Waals surface area (Å²) in [6, 6.07) is -0.301. The van der Waals surface area contributed by atoms with Crippen molar-refractivity contribution < 1.29 is 9.90 Å². The molecule has 15 heavy (non-hydrogen) atoms. The molecule has 3 heteroatoms. The lowest BCUT2D eigenvalue weighted by Crippen LogP contribution is -2.38. The fourth-order valence-corrected chi connectivity index (χ4v) is 1.03. The minimum Gasteiger partial charge on any atom is -0.480 e. The molecule has 0 radical (unpaired) electrons. The lowest BCUT2D eigenvalue weighted by atomic mass is 10.1. The van der Waals surface area contributed by atoms with Crippen molar-refractivity contribution in [2.45, 2.75) is 60.4 Å². The van der Waals surface area contributed by atoms with E-state index in [0.717, 1.165) is 19.4 Å². The third kappa shape index (κ3) is 11.4. The number of aliphatic carboxylic acids is 1. The quantitative estimate of drug-likeness (QED) is 0.771. The van der Waals surface area contributed by atoms with Crippen LogP contribution in [-0.2, 0) is 4.79 Å². The molecule has 0 bridgehead atoms. The van der Waals surface area contributed by atoms with E-state index < -0.39 is 5.97 Å². The smallest absolute Gasteiger partial charge is 0.320 e. The number of carbonyl (C=O) groups is 1. The molecular formula is C12H29NO2. The summed E-state index contributed by atoms with van der Waals surface area (Å²) in [7, 11) is 1.84. The van der Waals surface area contributed by atoms with E-state index in [1.807, 2.05) is 53.5 Å². The van der Waals surface area contributed by atoms with Crippen LogP contribution in [0.3, 0.4) is 0 Å². The second kappa shape index (κ2) is 15.9. The zero-order valence-electron chi connectivity index (χ0n) is 11.5. The van der Waals surface area contributed by atoms with Crippen LogP contribution in [0.4, 0.5) is 0 Å². The molecule has 0 saturated carbocycles. The van der Waals surface area contributed by atoms with E-state index >= 15 is 0 Å². The standard InChI is InChI=1S/C8H17NO2.2C2H6/c1-4-6-7(8(10)11)9(3)5-2;2*1-2/h7H,4-6H2,1-3H3,(H,10,11);2*1-2H3. The van der Waals surface area contributed by atoms with Crippen molar-refractivity contribution >= 4 is 5.97 Å². The normalized spacial score (nSPS) is 10.7. The largest absolute Gasteiger partial charge is 0.480 e. The summed E-state index contributed by atoms with van der Waals surface area (Å²) in [5, 5.41) is 8.76. The lowest BCUT2D eigenvalue weighted by molar-refractivity contribution is -0.143. The summed E-state index contributed by atoms with van der Waals surface area (Å²) in [5.74, 6) is -0.712. The number of hydrogen-bond donors (Lipinski definition) is 1. The van der Waals surface area contributed by atoms with Gasteiger partial charge in [-0.25, -0.2) is 0 Å². The van der Waals surface area contributed by atoms with Crippen LogP contribution in [0.2, 0.25) is 0 Å². The maximum absolute atomic E-state index is 10.6. The predicted molar refractivity (Wildman–Crippen MR) is 67.3 cm³/mol. The number of carboxylic acid groups (broad SMARTS) is 1. The monoisotopic (exact) mass is 219 g/mol. The molecule has 0 heterocycles. The van der Waals surface area contributed by atoms with Crippen molar-refractivity contribution in [1.29, 1.82) is 0 Å². The zero-order valence-corrected chi connectivity index (χ0v) is 11.5. The number of rotatable bonds is 5. The summed E-state index contributed by atoms with van der Waals surface area (Å²) >= 11 is 0. The van der Waals surface area contributed by atoms with Crippen molar-refractivity contribution in [3.05, 3.63) is 0 Å². The van der Waals surface area contributed by atoms with E-state index in [2.05, 4.69) is 0 Å². The number of carboxylic acids is 1. The topological polar surface area (TPSA) is 40.5 Å². The molecule has 3 nitrogen and oxygen atoms in total. The van der Waals surface area contributed by atoms with Crippen molar-refractivity contribution in [2.24, 2.45) is 0 Å². The molecule has 94 valence electrons. The Morgan fingerprint density at radius 3 is 1.80 bits per heavy atom. The van der Waals surface area contributed by atoms with Gasteiger partial charge in [-0.3, -0.25) is 9.69 Å². The molecule has 0 aromatic carbocycles. The van der Waals surface area contributed by atoms with Crippen LogP contribution < -0.4 is 0 Å². The summed E-state index contributed by atoms with van der Waals surface area (Å²) in [6.07, 6.45) is 1.65. The SMILES string of the molecule is CC.CC.CCCC(C(=O)O)N(C)CC. The average Bonchev–Trinajstić information content (AvgIpc) is 2.30. The highest BCUT2D eigenvalue weighted by Gasteiger charge is 2.19. The van der Waals surface area contributed by atoms with E-state index in [9.17, 15) is 4.79 Å². The number of likely N-dealkylation sites (N-methyl/N-ethyl adjacent to an activating group) is 1. The maximum atomic E-state index is 10.6. The summed E-state index contributed by atoms with van der Waals surface area (Å²) in [4.78, 5) is 12.5. The van der Waals surface area contributed by atoms with Gasteiger partial charge in [-0.1, -0.05) is 48.0 Å². The molecule has 1 N–H and O–H groups in total. The van der Waals surface area contributed by atoms with E-state index in [-0.39, 0.29) is 6.04 Å². The van der Waals surface area contributed by atoms with Gasteiger partial charge < -0.3 is 5.11 Å². The van der Waals surface area contributed by atoms with Crippen molar-refractivity contribution in [2.75, 3.05) is 13.6 Å². The van der Waals surface area contributed by atoms with Crippen molar-refractivity contribution in [1.82, 2.24) is 4.90 Å². The maximum Gasteiger partial charge on any atom is 0.320 e. The highest BCUT2D eigenvalue weighted by atomic mass is 16.4. The molecule has 0 saturated heterocycles. The van der Waals surface area contributed by atoms with Crippen LogP contribution >= 0.6 is 0 Å². The van der Waals surface area contributed by atoms with Gasteiger partial charge in [0.2, 0.25) is 0 Å². The number of nitrogens with zero attached hydrogens (tertiary/aromatic N) is 1. The van der Waals surface area contributed by atoms with E-state index in [1.165, 1.54) is 0 Å². The van der Waals surface area contributed by atoms with Gasteiger partial charge in [0.1, 0.15) is 6.04 Å². The molecular weight excluding hydrogens is 190 g/mol. The Morgan fingerprint density at radius 1 is 1.20 bits per heavy atom. The van der Waals surface area contributed by atoms with Gasteiger partial charge in [0.05, 0.1) is 0 Å². The minimum atomic E-state index is -0.712. The molecule has 1 unspecified atom stereocenters. The summed E-state index contributed by atoms with van der Waals surface area (Å²) < 4.78 is 0. The highest BCUT2D eigenvalue weighted by molar-refractivity contribution is 5.73. The third-order valence-corrected chi connectivity index (χ3v) is 1.88. The second-order valence-electron chi connectivity index (χ2n) is 2.72. The minimum absolute atomic E-state index is 0.301. The molecule has 0 fully saturated rings. The van der Waals surface area contributed by atoms with Gasteiger partial charge in [0.15, 0.2) is 0 Å². The molecule has 0 aromatic heterocycles. The van der Waals surface area contributed by atoms with Gasteiger partial charge in [0.25, 0.3) is 0 Å². The van der Waals surface area contributed by atoms with E-state index in [0.29, 0.717) is 0 Å². The fourth-order valence-electron chi connectivity index (χ4n) is 1.03. The predicted octanol–water partition coefficient (Wildman–Crippen LogP) is 3.24. The van der Waals surface area contributed by atoms with Gasteiger partial charge in [-0.15, -0.1) is 0 Å². The molecule has 0 rings (SSSR count). The zero-order chi connectivity index (χ0) is 12.9. The third-order valence-electron chi connectivity index (χ3n) is 1.88. The molecule has 0 aromatic rings. The Balaban J connectivity index is -0.000000318. The number of hydrogen-bond acceptors (Lipinski definition) is 2. The first kappa shape index (κ1) is 19.9. The summed E-state index contributed by atoms with van der Waals surface area (Å²) in [6.45, 7) is 12.8. The first-order chi connectivity index (χ1) is 7.13. The average molecular weight is 219 g/mol. The molecule has 0 aliphatic heterocycles. The highest BCUT2D eigenvalue weighted by Crippen LogP contribution is 2.04. The molecule has 1 atom stereocenters. The molecule has 0 amide bonds. The van der Waals surface area contributed by atoms with Crippen LogP contribution in [0.1, 0.15) is 54.4 Å². The van der Waals surface area contributed by atoms with Gasteiger partial charge in [0, 0.05) is 0 Å². The van der Waals surface area contributed by atoms with Gasteiger partial charge >= 0.3 is 5.97 Å². The van der Waals surface area contributed by atoms with Crippen LogP contribution in [0.15, 0.2) is 0 Å². The van der Waals surface area contributed by atoms with Crippen LogP contribution in [-0.4, -0.2) is 35.6 Å². The Bertz CT molecular complexity index is 127. The van der Waals surface area contributed by atoms with Crippen molar-refractivity contribution in [3.63, 3.8) is 0 Å². The Morgan fingerprint density at radius 2 is 1.60 bits per heavy atom. The lowest BCUT2D eigenvalue weighted by Gasteiger charge is -2.22. The first-order valence-corrected chi connectivity index (χ1v) is 6.06. The van der Waals surface area contributed by atoms with Crippen molar-refractivity contribution in [3.8, 4) is 0 Å². The van der Waals surface area contributed by atoms with Crippen LogP contribution in [0, 0.1) is 0 Å². The second-order valence-corrected chi connectivity index (χ2v) is 2.72. The molecule has 0 aliphatic rings. The first-order valence-electron chi connectivity index (χ1n) is 6.06. The van der Waals surface area contributed by atoms with Gasteiger partial charge in [-0.2, -0.15) is 0 Å². The van der Waals surface area contributed by atoms with E-state index in [1.54, 1.807) is 0 Å². The Hall–Kier alpha value is -0.570. The van der Waals surface area contributed by atoms with Gasteiger partial charge in [-0.05, 0) is 20.0 Å². The summed E-state index contributed by atoms with van der Waals surface area (Å²) in [5.41, 5.74) is 0. The Kier molecular flexibility index (Phi) is 21.1. The molecule has 0 aliphatic carbocycles. The van der Waals surface area contributed by atoms with E-state index in [4.69, 9.17) is 5.11 Å². The van der Waals surface area contributed by atoms with Crippen LogP contribution in [0.25, 0.3) is 0 Å². The fraction of sp³-hybridized carbons (Fsp3) is 0.917. The molecule has 0 spiro atoms.